The smallest absolute Gasteiger partial charge is 0.328 e. The van der Waals surface area contributed by atoms with Crippen molar-refractivity contribution in [3.63, 3.8) is 0 Å². The Bertz CT molecular complexity index is 894. The normalized spacial score (nSPS) is 21.8. The second-order valence-electron chi connectivity index (χ2n) is 8.45. The van der Waals surface area contributed by atoms with E-state index >= 15 is 0 Å². The number of nitrogens with zero attached hydrogens (tertiary/aromatic N) is 2. The minimum atomic E-state index is -1.00. The van der Waals surface area contributed by atoms with Gasteiger partial charge in [-0.05, 0) is 17.5 Å². The number of rotatable bonds is 6. The average molecular weight is 423 g/mol. The third-order valence-electron chi connectivity index (χ3n) is 6.58. The third-order valence-corrected chi connectivity index (χ3v) is 6.58. The second kappa shape index (κ2) is 9.20. The van der Waals surface area contributed by atoms with E-state index in [4.69, 9.17) is 4.74 Å². The first-order chi connectivity index (χ1) is 15.0. The summed E-state index contributed by atoms with van der Waals surface area (Å²) >= 11 is 0. The molecule has 0 saturated carbocycles. The molecule has 0 radical (unpaired) electrons. The quantitative estimate of drug-likeness (QED) is 0.772. The van der Waals surface area contributed by atoms with E-state index in [-0.39, 0.29) is 18.4 Å². The lowest BCUT2D eigenvalue weighted by atomic mass is 9.91. The Morgan fingerprint density at radius 2 is 1.68 bits per heavy atom. The molecule has 2 fully saturated rings. The van der Waals surface area contributed by atoms with E-state index in [1.54, 1.807) is 4.90 Å². The molecule has 0 unspecified atom stereocenters. The Morgan fingerprint density at radius 1 is 1.06 bits per heavy atom. The number of hydrogen-bond donors (Lipinski definition) is 1. The lowest BCUT2D eigenvalue weighted by Gasteiger charge is -2.45. The Hall–Kier alpha value is -2.70. The van der Waals surface area contributed by atoms with E-state index in [2.05, 4.69) is 17.0 Å². The Kier molecular flexibility index (Phi) is 6.39. The number of carbonyl (C=O) groups excluding carboxylic acids is 1. The van der Waals surface area contributed by atoms with Gasteiger partial charge in [-0.25, -0.2) is 4.79 Å². The fourth-order valence-corrected chi connectivity index (χ4v) is 4.89. The minimum Gasteiger partial charge on any atom is -0.480 e. The molecule has 1 amide bonds. The molecule has 2 aromatic carbocycles. The molecule has 1 N–H and O–H groups in total. The molecule has 6 heteroatoms. The van der Waals surface area contributed by atoms with Crippen LogP contribution in [0.15, 0.2) is 60.7 Å². The van der Waals surface area contributed by atoms with Crippen LogP contribution in [0.3, 0.4) is 0 Å². The highest BCUT2D eigenvalue weighted by molar-refractivity contribution is 5.89. The van der Waals surface area contributed by atoms with Crippen LogP contribution in [0.2, 0.25) is 0 Å². The van der Waals surface area contributed by atoms with Crippen LogP contribution in [0.5, 0.6) is 0 Å². The maximum Gasteiger partial charge on any atom is 0.328 e. The fourth-order valence-electron chi connectivity index (χ4n) is 4.89. The lowest BCUT2D eigenvalue weighted by molar-refractivity contribution is -0.167. The summed E-state index contributed by atoms with van der Waals surface area (Å²) in [6.07, 6.45) is 1.84. The second-order valence-corrected chi connectivity index (χ2v) is 8.45. The Morgan fingerprint density at radius 3 is 2.26 bits per heavy atom. The molecule has 2 aliphatic rings. The van der Waals surface area contributed by atoms with Gasteiger partial charge in [0, 0.05) is 32.5 Å². The summed E-state index contributed by atoms with van der Waals surface area (Å²) in [6, 6.07) is 19.0. The van der Waals surface area contributed by atoms with Gasteiger partial charge in [-0.3, -0.25) is 14.6 Å². The molecule has 6 nitrogen and oxygen atoms in total. The van der Waals surface area contributed by atoms with Crippen LogP contribution in [-0.2, 0) is 20.9 Å². The van der Waals surface area contributed by atoms with Crippen molar-refractivity contribution in [3.05, 3.63) is 71.8 Å². The molecule has 0 aliphatic carbocycles. The number of aliphatic carboxylic acids is 1. The number of ether oxygens (including phenoxy) is 1. The van der Waals surface area contributed by atoms with Crippen LogP contribution < -0.4 is 0 Å². The molecule has 2 atom stereocenters. The van der Waals surface area contributed by atoms with Gasteiger partial charge in [-0.15, -0.1) is 0 Å². The monoisotopic (exact) mass is 422 g/mol. The molecule has 164 valence electrons. The summed E-state index contributed by atoms with van der Waals surface area (Å²) in [5.74, 6) is -1.51. The molecule has 2 heterocycles. The Labute approximate surface area is 183 Å². The summed E-state index contributed by atoms with van der Waals surface area (Å²) in [5, 5.41) is 9.83. The summed E-state index contributed by atoms with van der Waals surface area (Å²) < 4.78 is 6.12. The average Bonchev–Trinajstić information content (AvgIpc) is 3.16. The predicted octanol–water partition coefficient (Wildman–Crippen LogP) is 3.48. The number of piperidine rings is 1. The van der Waals surface area contributed by atoms with Crippen LogP contribution in [0, 0.1) is 0 Å². The van der Waals surface area contributed by atoms with Gasteiger partial charge in [0.25, 0.3) is 0 Å². The Balaban J connectivity index is 1.54. The molecule has 0 bridgehead atoms. The van der Waals surface area contributed by atoms with E-state index < -0.39 is 17.7 Å². The largest absolute Gasteiger partial charge is 0.480 e. The van der Waals surface area contributed by atoms with Crippen molar-refractivity contribution in [2.24, 2.45) is 0 Å². The van der Waals surface area contributed by atoms with Crippen molar-refractivity contribution in [1.29, 1.82) is 0 Å². The first-order valence-electron chi connectivity index (χ1n) is 11.1. The lowest BCUT2D eigenvalue weighted by Crippen LogP contribution is -2.59. The number of hydrogen-bond acceptors (Lipinski definition) is 4. The van der Waals surface area contributed by atoms with Crippen LogP contribution in [0.1, 0.15) is 43.2 Å². The van der Waals surface area contributed by atoms with Crippen LogP contribution in [0.25, 0.3) is 0 Å². The number of benzene rings is 2. The van der Waals surface area contributed by atoms with Crippen LogP contribution in [0.4, 0.5) is 0 Å². The van der Waals surface area contributed by atoms with Crippen molar-refractivity contribution < 1.29 is 19.4 Å². The van der Waals surface area contributed by atoms with Gasteiger partial charge >= 0.3 is 5.97 Å². The zero-order chi connectivity index (χ0) is 21.8. The van der Waals surface area contributed by atoms with Gasteiger partial charge in [0.2, 0.25) is 5.91 Å². The highest BCUT2D eigenvalue weighted by Crippen LogP contribution is 2.40. The highest BCUT2D eigenvalue weighted by atomic mass is 16.5. The molecule has 31 heavy (non-hydrogen) atoms. The zero-order valence-corrected chi connectivity index (χ0v) is 17.9. The first kappa shape index (κ1) is 21.5. The van der Waals surface area contributed by atoms with E-state index in [9.17, 15) is 14.7 Å². The zero-order valence-electron chi connectivity index (χ0n) is 17.9. The van der Waals surface area contributed by atoms with Crippen molar-refractivity contribution in [1.82, 2.24) is 9.80 Å². The number of likely N-dealkylation sites (tertiary alicyclic amines) is 1. The van der Waals surface area contributed by atoms with Gasteiger partial charge in [0.05, 0.1) is 12.5 Å². The van der Waals surface area contributed by atoms with E-state index in [0.29, 0.717) is 19.3 Å². The molecule has 4 rings (SSSR count). The summed E-state index contributed by atoms with van der Waals surface area (Å²) in [6.45, 7) is 4.37. The van der Waals surface area contributed by atoms with Crippen molar-refractivity contribution in [2.45, 2.75) is 50.4 Å². The van der Waals surface area contributed by atoms with E-state index in [1.165, 1.54) is 5.56 Å². The van der Waals surface area contributed by atoms with Crippen molar-refractivity contribution in [3.8, 4) is 0 Å². The van der Waals surface area contributed by atoms with Gasteiger partial charge in [0.1, 0.15) is 5.72 Å². The van der Waals surface area contributed by atoms with E-state index in [0.717, 1.165) is 25.2 Å². The molecule has 0 aromatic heterocycles. The number of carboxylic acids is 1. The van der Waals surface area contributed by atoms with Gasteiger partial charge in [-0.1, -0.05) is 67.6 Å². The molecular weight excluding hydrogens is 392 g/mol. The molecule has 1 spiro atoms. The molecular formula is C25H30N2O4. The molecule has 2 aromatic rings. The fraction of sp³-hybridized carbons (Fsp3) is 0.440. The van der Waals surface area contributed by atoms with Gasteiger partial charge in [-0.2, -0.15) is 0 Å². The van der Waals surface area contributed by atoms with E-state index in [1.807, 2.05) is 55.5 Å². The highest BCUT2D eigenvalue weighted by Gasteiger charge is 2.54. The van der Waals surface area contributed by atoms with Crippen molar-refractivity contribution in [2.75, 3.05) is 19.7 Å². The van der Waals surface area contributed by atoms with Crippen molar-refractivity contribution >= 4 is 11.9 Å². The number of carboxylic acid groups (broad SMARTS) is 1. The predicted molar refractivity (Wildman–Crippen MR) is 117 cm³/mol. The SMILES string of the molecule is CC[C@H](C(=O)N1[C@@H](C(=O)O)COC12CCN(Cc1ccccc1)CC2)c1ccccc1. The van der Waals surface area contributed by atoms with Gasteiger partial charge < -0.3 is 9.84 Å². The summed E-state index contributed by atoms with van der Waals surface area (Å²) in [7, 11) is 0. The standard InChI is InChI=1S/C25H30N2O4/c1-2-21(20-11-7-4-8-12-20)23(28)27-22(24(29)30)18-31-25(27)13-15-26(16-14-25)17-19-9-5-3-6-10-19/h3-12,21-22H,2,13-18H2,1H3,(H,29,30)/t21-,22+/m0/s1. The molecule has 2 aliphatic heterocycles. The van der Waals surface area contributed by atoms with Crippen LogP contribution >= 0.6 is 0 Å². The first-order valence-corrected chi connectivity index (χ1v) is 11.1. The minimum absolute atomic E-state index is 0.0466. The summed E-state index contributed by atoms with van der Waals surface area (Å²) in [5.41, 5.74) is 1.33. The number of amides is 1. The maximum atomic E-state index is 13.7. The molecule has 2 saturated heterocycles. The number of carbonyl (C=O) groups is 2. The summed E-state index contributed by atoms with van der Waals surface area (Å²) in [4.78, 5) is 29.6. The van der Waals surface area contributed by atoms with Gasteiger partial charge in [0.15, 0.2) is 6.04 Å². The third kappa shape index (κ3) is 4.36. The topological polar surface area (TPSA) is 70.1 Å². The maximum absolute atomic E-state index is 13.7. The van der Waals surface area contributed by atoms with Crippen LogP contribution in [-0.4, -0.2) is 58.2 Å².